The van der Waals surface area contributed by atoms with Crippen molar-refractivity contribution in [2.24, 2.45) is 0 Å². The molecule has 2 rings (SSSR count). The number of carbonyl (C=O) groups excluding carboxylic acids is 1. The molecule has 0 aliphatic carbocycles. The van der Waals surface area contributed by atoms with Crippen LogP contribution < -0.4 is 5.32 Å². The van der Waals surface area contributed by atoms with Crippen LogP contribution in [0.15, 0.2) is 4.34 Å². The van der Waals surface area contributed by atoms with Gasteiger partial charge in [-0.25, -0.2) is 4.98 Å². The predicted molar refractivity (Wildman–Crippen MR) is 89.8 cm³/mol. The molecule has 0 saturated carbocycles. The molecule has 0 aliphatic rings. The fourth-order valence-corrected chi connectivity index (χ4v) is 4.47. The van der Waals surface area contributed by atoms with Crippen LogP contribution in [0, 0.1) is 6.92 Å². The molecule has 0 bridgehead atoms. The van der Waals surface area contributed by atoms with E-state index >= 15 is 0 Å². The second-order valence-corrected chi connectivity index (χ2v) is 8.95. The van der Waals surface area contributed by atoms with Crippen molar-refractivity contribution < 1.29 is 4.79 Å². The van der Waals surface area contributed by atoms with Crippen molar-refractivity contribution >= 4 is 45.5 Å². The highest BCUT2D eigenvalue weighted by atomic mass is 32.2. The molecule has 0 fully saturated rings. The average Bonchev–Trinajstić information content (AvgIpc) is 2.95. The van der Waals surface area contributed by atoms with Crippen LogP contribution >= 0.6 is 34.4 Å². The molecule has 1 N–H and O–H groups in total. The van der Waals surface area contributed by atoms with Gasteiger partial charge in [-0.05, 0) is 6.92 Å². The molecule has 21 heavy (non-hydrogen) atoms. The molecule has 0 spiro atoms. The van der Waals surface area contributed by atoms with Crippen LogP contribution in [0.25, 0.3) is 0 Å². The molecule has 2 aromatic rings. The van der Waals surface area contributed by atoms with Gasteiger partial charge in [0.1, 0.15) is 4.88 Å². The van der Waals surface area contributed by atoms with Crippen LogP contribution in [0.4, 0.5) is 5.13 Å². The number of thiazole rings is 1. The van der Waals surface area contributed by atoms with Gasteiger partial charge in [0.25, 0.3) is 5.91 Å². The van der Waals surface area contributed by atoms with Crippen molar-refractivity contribution in [3.8, 4) is 0 Å². The van der Waals surface area contributed by atoms with Gasteiger partial charge in [0.05, 0.1) is 10.7 Å². The highest BCUT2D eigenvalue weighted by Crippen LogP contribution is 2.30. The van der Waals surface area contributed by atoms with Gasteiger partial charge in [-0.3, -0.25) is 10.1 Å². The van der Waals surface area contributed by atoms with Gasteiger partial charge in [-0.15, -0.1) is 21.5 Å². The average molecular weight is 343 g/mol. The molecular weight excluding hydrogens is 324 g/mol. The summed E-state index contributed by atoms with van der Waals surface area (Å²) in [6, 6.07) is 0. The first-order chi connectivity index (χ1) is 9.86. The molecule has 2 heterocycles. The van der Waals surface area contributed by atoms with Crippen LogP contribution in [0.2, 0.25) is 0 Å². The van der Waals surface area contributed by atoms with Crippen molar-refractivity contribution in [2.75, 3.05) is 5.32 Å². The number of thioether (sulfide) groups is 1. The third-order valence-corrected chi connectivity index (χ3v) is 5.86. The number of aryl methyl sites for hydroxylation is 1. The largest absolute Gasteiger partial charge is 0.296 e. The Bertz CT molecular complexity index is 633. The number of aromatic nitrogens is 3. The molecule has 0 saturated heterocycles. The normalized spacial score (nSPS) is 11.4. The van der Waals surface area contributed by atoms with Gasteiger partial charge in [-0.1, -0.05) is 50.8 Å². The van der Waals surface area contributed by atoms with Crippen molar-refractivity contribution in [3.63, 3.8) is 0 Å². The molecule has 5 nitrogen and oxygen atoms in total. The van der Waals surface area contributed by atoms with Crippen LogP contribution in [0.5, 0.6) is 0 Å². The number of carbonyl (C=O) groups is 1. The minimum Gasteiger partial charge on any atom is -0.296 e. The molecule has 0 unspecified atom stereocenters. The first-order valence-electron chi connectivity index (χ1n) is 6.65. The Balaban J connectivity index is 2.09. The number of anilines is 1. The highest BCUT2D eigenvalue weighted by Gasteiger charge is 2.18. The van der Waals surface area contributed by atoms with Crippen molar-refractivity contribution in [2.45, 2.75) is 50.1 Å². The quantitative estimate of drug-likeness (QED) is 0.652. The van der Waals surface area contributed by atoms with Crippen LogP contribution in [-0.2, 0) is 0 Å². The molecule has 8 heteroatoms. The number of hydrogen-bond donors (Lipinski definition) is 1. The molecule has 0 aliphatic heterocycles. The Morgan fingerprint density at radius 3 is 2.48 bits per heavy atom. The minimum absolute atomic E-state index is 0.158. The van der Waals surface area contributed by atoms with Gasteiger partial charge >= 0.3 is 0 Å². The van der Waals surface area contributed by atoms with Crippen molar-refractivity contribution in [3.05, 3.63) is 15.6 Å². The summed E-state index contributed by atoms with van der Waals surface area (Å²) < 4.78 is 0.865. The van der Waals surface area contributed by atoms with Crippen LogP contribution in [-0.4, -0.2) is 26.3 Å². The monoisotopic (exact) mass is 342 g/mol. The van der Waals surface area contributed by atoms with Crippen LogP contribution in [0.1, 0.15) is 54.0 Å². The number of nitrogens with zero attached hydrogens (tertiary/aromatic N) is 3. The summed E-state index contributed by atoms with van der Waals surface area (Å²) in [5.74, 6) is 0.167. The van der Waals surface area contributed by atoms with E-state index < -0.39 is 0 Å². The second-order valence-electron chi connectivity index (χ2n) is 5.12. The molecule has 1 amide bonds. The van der Waals surface area contributed by atoms with Crippen molar-refractivity contribution in [1.29, 1.82) is 0 Å². The Kier molecular flexibility index (Phi) is 5.34. The highest BCUT2D eigenvalue weighted by molar-refractivity contribution is 8.01. The van der Waals surface area contributed by atoms with Crippen molar-refractivity contribution in [1.82, 2.24) is 15.2 Å². The van der Waals surface area contributed by atoms with Crippen LogP contribution in [0.3, 0.4) is 0 Å². The summed E-state index contributed by atoms with van der Waals surface area (Å²) in [4.78, 5) is 17.4. The predicted octanol–water partition coefficient (Wildman–Crippen LogP) is 4.18. The zero-order valence-corrected chi connectivity index (χ0v) is 15.1. The van der Waals surface area contributed by atoms with Gasteiger partial charge in [-0.2, -0.15) is 0 Å². The summed E-state index contributed by atoms with van der Waals surface area (Å²) in [5.41, 5.74) is 0.766. The fraction of sp³-hybridized carbons (Fsp3) is 0.538. The lowest BCUT2D eigenvalue weighted by Crippen LogP contribution is -2.11. The molecule has 0 atom stereocenters. The molecule has 2 aromatic heterocycles. The topological polar surface area (TPSA) is 67.8 Å². The van der Waals surface area contributed by atoms with E-state index in [0.717, 1.165) is 15.0 Å². The lowest BCUT2D eigenvalue weighted by Gasteiger charge is -1.99. The number of hydrogen-bond acceptors (Lipinski definition) is 7. The van der Waals surface area contributed by atoms with E-state index in [-0.39, 0.29) is 5.91 Å². The molecule has 114 valence electrons. The second kappa shape index (κ2) is 6.85. The Morgan fingerprint density at radius 1 is 1.19 bits per heavy atom. The lowest BCUT2D eigenvalue weighted by atomic mass is 10.2. The number of amides is 1. The van der Waals surface area contributed by atoms with E-state index in [9.17, 15) is 4.79 Å². The van der Waals surface area contributed by atoms with E-state index in [1.165, 1.54) is 22.7 Å². The summed E-state index contributed by atoms with van der Waals surface area (Å²) in [5, 5.41) is 12.8. The number of nitrogens with one attached hydrogen (secondary N) is 1. The maximum atomic E-state index is 12.3. The van der Waals surface area contributed by atoms with E-state index in [4.69, 9.17) is 0 Å². The summed E-state index contributed by atoms with van der Waals surface area (Å²) in [6.45, 7) is 10.2. The summed E-state index contributed by atoms with van der Waals surface area (Å²) >= 11 is 4.47. The zero-order valence-electron chi connectivity index (χ0n) is 12.6. The van der Waals surface area contributed by atoms with Gasteiger partial charge in [0.2, 0.25) is 5.13 Å². The summed E-state index contributed by atoms with van der Waals surface area (Å²) in [7, 11) is 0. The Morgan fingerprint density at radius 2 is 1.90 bits per heavy atom. The Hall–Kier alpha value is -0.990. The first kappa shape index (κ1) is 16.4. The fourth-order valence-electron chi connectivity index (χ4n) is 1.54. The zero-order chi connectivity index (χ0) is 15.6. The smallest absolute Gasteiger partial charge is 0.269 e. The maximum absolute atomic E-state index is 12.3. The van der Waals surface area contributed by atoms with E-state index in [2.05, 4.69) is 48.2 Å². The third-order valence-electron chi connectivity index (χ3n) is 2.48. The SMILES string of the molecule is Cc1nc(C(C)C)sc1C(=O)Nc1nnc(SC(C)C)s1. The molecule has 0 radical (unpaired) electrons. The van der Waals surface area contributed by atoms with Gasteiger partial charge < -0.3 is 0 Å². The van der Waals surface area contributed by atoms with E-state index in [1.807, 2.05) is 6.92 Å². The Labute approximate surface area is 136 Å². The third kappa shape index (κ3) is 4.24. The van der Waals surface area contributed by atoms with Gasteiger partial charge in [0.15, 0.2) is 4.34 Å². The van der Waals surface area contributed by atoms with Gasteiger partial charge in [0, 0.05) is 11.2 Å². The maximum Gasteiger partial charge on any atom is 0.269 e. The summed E-state index contributed by atoms with van der Waals surface area (Å²) in [6.07, 6.45) is 0. The molecular formula is C13H18N4OS3. The minimum atomic E-state index is -0.158. The standard InChI is InChI=1S/C13H18N4OS3/c1-6(2)11-14-8(5)9(20-11)10(18)15-12-16-17-13(21-12)19-7(3)4/h6-7H,1-5H3,(H,15,16,18). The lowest BCUT2D eigenvalue weighted by molar-refractivity contribution is 0.102. The number of rotatable bonds is 5. The molecule has 0 aromatic carbocycles. The van der Waals surface area contributed by atoms with E-state index in [0.29, 0.717) is 21.2 Å². The van der Waals surface area contributed by atoms with E-state index in [1.54, 1.807) is 11.8 Å². The first-order valence-corrected chi connectivity index (χ1v) is 9.17.